The lowest BCUT2D eigenvalue weighted by Crippen LogP contribution is -2.36. The molecule has 22 heavy (non-hydrogen) atoms. The van der Waals surface area contributed by atoms with Crippen LogP contribution < -0.4 is 11.1 Å². The van der Waals surface area contributed by atoms with Gasteiger partial charge in [-0.3, -0.25) is 9.89 Å². The van der Waals surface area contributed by atoms with Crippen molar-refractivity contribution in [2.24, 2.45) is 10.7 Å². The maximum Gasteiger partial charge on any atom is 0.188 e. The highest BCUT2D eigenvalue weighted by atomic mass is 127. The van der Waals surface area contributed by atoms with E-state index in [0.717, 1.165) is 36.8 Å². The second kappa shape index (κ2) is 9.67. The van der Waals surface area contributed by atoms with E-state index in [0.29, 0.717) is 12.0 Å². The second-order valence-electron chi connectivity index (χ2n) is 5.57. The number of guanidine groups is 1. The quantitative estimate of drug-likeness (QED) is 0.407. The molecule has 0 saturated carbocycles. The number of nitrogens with zero attached hydrogens (tertiary/aromatic N) is 3. The van der Waals surface area contributed by atoms with Gasteiger partial charge in [-0.25, -0.2) is 4.98 Å². The standard InChI is InChI=1S/C15H27N5S.HI/c1-4-20-9-5-6-13(20)10-18-15(16)17-8-7-14-11(2)19-12(3)21-14;/h13H,4-10H2,1-3H3,(H3,16,17,18);1H. The van der Waals surface area contributed by atoms with E-state index in [4.69, 9.17) is 5.73 Å². The lowest BCUT2D eigenvalue weighted by atomic mass is 10.2. The van der Waals surface area contributed by atoms with E-state index >= 15 is 0 Å². The summed E-state index contributed by atoms with van der Waals surface area (Å²) in [5.74, 6) is 0.567. The first-order valence-electron chi connectivity index (χ1n) is 7.81. The summed E-state index contributed by atoms with van der Waals surface area (Å²) >= 11 is 1.76. The van der Waals surface area contributed by atoms with Gasteiger partial charge in [0.15, 0.2) is 5.96 Å². The Labute approximate surface area is 154 Å². The third kappa shape index (κ3) is 5.66. The summed E-state index contributed by atoms with van der Waals surface area (Å²) in [4.78, 5) is 12.8. The first-order valence-corrected chi connectivity index (χ1v) is 8.62. The summed E-state index contributed by atoms with van der Waals surface area (Å²) in [7, 11) is 0. The van der Waals surface area contributed by atoms with Crippen LogP contribution in [0.2, 0.25) is 0 Å². The van der Waals surface area contributed by atoms with E-state index < -0.39 is 0 Å². The van der Waals surface area contributed by atoms with Gasteiger partial charge in [-0.1, -0.05) is 6.92 Å². The van der Waals surface area contributed by atoms with E-state index in [1.165, 1.54) is 24.3 Å². The molecule has 2 heterocycles. The lowest BCUT2D eigenvalue weighted by molar-refractivity contribution is 0.273. The van der Waals surface area contributed by atoms with Crippen molar-refractivity contribution in [1.82, 2.24) is 15.2 Å². The van der Waals surface area contributed by atoms with Crippen molar-refractivity contribution >= 4 is 41.3 Å². The van der Waals surface area contributed by atoms with E-state index in [2.05, 4.69) is 34.0 Å². The van der Waals surface area contributed by atoms with Gasteiger partial charge in [-0.05, 0) is 39.8 Å². The van der Waals surface area contributed by atoms with Gasteiger partial charge in [0, 0.05) is 23.9 Å². The summed E-state index contributed by atoms with van der Waals surface area (Å²) in [5.41, 5.74) is 7.09. The molecule has 0 aliphatic carbocycles. The van der Waals surface area contributed by atoms with Gasteiger partial charge >= 0.3 is 0 Å². The maximum atomic E-state index is 5.95. The summed E-state index contributed by atoms with van der Waals surface area (Å²) in [6.45, 7) is 10.3. The van der Waals surface area contributed by atoms with Gasteiger partial charge in [0.25, 0.3) is 0 Å². The van der Waals surface area contributed by atoms with Crippen LogP contribution in [0.1, 0.15) is 35.3 Å². The molecule has 2 rings (SSSR count). The van der Waals surface area contributed by atoms with Gasteiger partial charge in [-0.15, -0.1) is 35.3 Å². The van der Waals surface area contributed by atoms with Crippen molar-refractivity contribution in [3.05, 3.63) is 15.6 Å². The van der Waals surface area contributed by atoms with E-state index in [1.54, 1.807) is 11.3 Å². The first kappa shape index (κ1) is 19.6. The molecule has 1 aromatic heterocycles. The van der Waals surface area contributed by atoms with Gasteiger partial charge in [0.1, 0.15) is 0 Å². The Morgan fingerprint density at radius 1 is 1.50 bits per heavy atom. The van der Waals surface area contributed by atoms with Crippen molar-refractivity contribution in [1.29, 1.82) is 0 Å². The fourth-order valence-corrected chi connectivity index (χ4v) is 3.82. The number of likely N-dealkylation sites (N-methyl/N-ethyl adjacent to an activating group) is 1. The van der Waals surface area contributed by atoms with Crippen LogP contribution in [0.15, 0.2) is 4.99 Å². The summed E-state index contributed by atoms with van der Waals surface area (Å²) < 4.78 is 0. The third-order valence-electron chi connectivity index (χ3n) is 4.04. The Kier molecular flexibility index (Phi) is 8.63. The number of hydrogen-bond acceptors (Lipinski definition) is 4. The van der Waals surface area contributed by atoms with E-state index in [9.17, 15) is 0 Å². The number of aromatic nitrogens is 1. The molecule has 0 aromatic carbocycles. The number of halogens is 1. The van der Waals surface area contributed by atoms with Crippen molar-refractivity contribution in [2.45, 2.75) is 46.1 Å². The van der Waals surface area contributed by atoms with Crippen LogP contribution in [-0.4, -0.2) is 48.1 Å². The molecular formula is C15H28IN5S. The van der Waals surface area contributed by atoms with Crippen molar-refractivity contribution < 1.29 is 0 Å². The Morgan fingerprint density at radius 3 is 2.91 bits per heavy atom. The molecule has 7 heteroatoms. The molecule has 1 fully saturated rings. The summed E-state index contributed by atoms with van der Waals surface area (Å²) in [5, 5.41) is 4.34. The molecule has 1 saturated heterocycles. The monoisotopic (exact) mass is 437 g/mol. The number of thiazole rings is 1. The average molecular weight is 437 g/mol. The summed E-state index contributed by atoms with van der Waals surface area (Å²) in [6.07, 6.45) is 3.48. The zero-order valence-corrected chi connectivity index (χ0v) is 16.9. The summed E-state index contributed by atoms with van der Waals surface area (Å²) in [6, 6.07) is 0.571. The van der Waals surface area contributed by atoms with E-state index in [1.807, 2.05) is 6.92 Å². The number of nitrogens with two attached hydrogens (primary N) is 1. The van der Waals surface area contributed by atoms with Crippen LogP contribution in [0.4, 0.5) is 0 Å². The SMILES string of the molecule is CCN1CCCC1CN=C(N)NCCc1sc(C)nc1C.I. The number of likely N-dealkylation sites (tertiary alicyclic amines) is 1. The Bertz CT molecular complexity index is 488. The van der Waals surface area contributed by atoms with Crippen LogP contribution in [0.25, 0.3) is 0 Å². The minimum Gasteiger partial charge on any atom is -0.370 e. The molecule has 0 amide bonds. The molecule has 1 aliphatic rings. The minimum atomic E-state index is 0. The fraction of sp³-hybridized carbons (Fsp3) is 0.733. The van der Waals surface area contributed by atoms with Crippen LogP contribution >= 0.6 is 35.3 Å². The van der Waals surface area contributed by atoms with Gasteiger partial charge in [0.2, 0.25) is 0 Å². The van der Waals surface area contributed by atoms with E-state index in [-0.39, 0.29) is 24.0 Å². The average Bonchev–Trinajstić information content (AvgIpc) is 3.03. The number of aryl methyl sites for hydroxylation is 2. The molecule has 1 unspecified atom stereocenters. The number of nitrogens with one attached hydrogen (secondary N) is 1. The van der Waals surface area contributed by atoms with Gasteiger partial charge in [0.05, 0.1) is 17.2 Å². The highest BCUT2D eigenvalue weighted by Gasteiger charge is 2.22. The van der Waals surface area contributed by atoms with Crippen LogP contribution in [0, 0.1) is 13.8 Å². The Hall–Kier alpha value is -0.410. The Morgan fingerprint density at radius 2 is 2.27 bits per heavy atom. The molecule has 0 spiro atoms. The molecule has 1 aliphatic heterocycles. The van der Waals surface area contributed by atoms with Crippen LogP contribution in [0.3, 0.4) is 0 Å². The highest BCUT2D eigenvalue weighted by molar-refractivity contribution is 14.0. The fourth-order valence-electron chi connectivity index (χ4n) is 2.89. The van der Waals surface area contributed by atoms with Crippen LogP contribution in [-0.2, 0) is 6.42 Å². The Balaban J connectivity index is 0.00000242. The highest BCUT2D eigenvalue weighted by Crippen LogP contribution is 2.17. The predicted octanol–water partition coefficient (Wildman–Crippen LogP) is 2.31. The molecule has 1 atom stereocenters. The number of aliphatic imine (C=N–C) groups is 1. The van der Waals surface area contributed by atoms with Crippen molar-refractivity contribution in [2.75, 3.05) is 26.2 Å². The second-order valence-corrected chi connectivity index (χ2v) is 6.86. The molecule has 126 valence electrons. The molecule has 3 N–H and O–H groups in total. The minimum absolute atomic E-state index is 0. The van der Waals surface area contributed by atoms with Crippen LogP contribution in [0.5, 0.6) is 0 Å². The predicted molar refractivity (Wildman–Crippen MR) is 105 cm³/mol. The zero-order valence-electron chi connectivity index (χ0n) is 13.8. The topological polar surface area (TPSA) is 66.5 Å². The largest absolute Gasteiger partial charge is 0.370 e. The molecule has 5 nitrogen and oxygen atoms in total. The first-order chi connectivity index (χ1) is 10.1. The van der Waals surface area contributed by atoms with Gasteiger partial charge in [-0.2, -0.15) is 0 Å². The third-order valence-corrected chi connectivity index (χ3v) is 5.17. The number of rotatable bonds is 6. The molecular weight excluding hydrogens is 409 g/mol. The van der Waals surface area contributed by atoms with Crippen molar-refractivity contribution in [3.63, 3.8) is 0 Å². The van der Waals surface area contributed by atoms with Crippen molar-refractivity contribution in [3.8, 4) is 0 Å². The van der Waals surface area contributed by atoms with Gasteiger partial charge < -0.3 is 11.1 Å². The lowest BCUT2D eigenvalue weighted by Gasteiger charge is -2.20. The smallest absolute Gasteiger partial charge is 0.188 e. The molecule has 0 bridgehead atoms. The molecule has 1 aromatic rings. The molecule has 0 radical (unpaired) electrons. The zero-order chi connectivity index (χ0) is 15.2. The maximum absolute atomic E-state index is 5.95. The normalized spacial score (nSPS) is 19.2. The number of hydrogen-bond donors (Lipinski definition) is 2.